The molecule has 6 unspecified atom stereocenters. The highest BCUT2D eigenvalue weighted by molar-refractivity contribution is 7.80. The van der Waals surface area contributed by atoms with Gasteiger partial charge in [0.2, 0.25) is 0 Å². The van der Waals surface area contributed by atoms with Crippen molar-refractivity contribution in [3.05, 3.63) is 29.3 Å². The summed E-state index contributed by atoms with van der Waals surface area (Å²) in [5.41, 5.74) is -1.27. The van der Waals surface area contributed by atoms with E-state index in [0.717, 1.165) is 18.3 Å². The Bertz CT molecular complexity index is 976. The van der Waals surface area contributed by atoms with Gasteiger partial charge in [-0.2, -0.15) is 12.6 Å². The SMILES string of the molecule is CC.CCCC(C)(C)CC.COC1CCC2C3CCc4cc(B(O)O)ccc4C3CCC12C.[B]C([B])(F)C([B])(F)CCCS. The predicted octanol–water partition coefficient (Wildman–Crippen LogP) is 6.98. The Morgan fingerprint density at radius 2 is 1.68 bits per heavy atom. The standard InChI is InChI=1S/C19H27BO3.C8H18.C5H7B3F2S.C2H6/c1-19-10-9-15-14-6-4-13(20(21)22)11-12(14)3-5-16(15)17(19)7-8-18(19)23-2;1-5-7-8(3,4)6-2;6-4(9,2-1-3-11)5(7,8)10;1-2/h4,6,11,15-18,21-22H,3,5,7-10H2,1-2H3;5-7H2,1-4H3;11H,1-3H2;1-2H3. The van der Waals surface area contributed by atoms with Crippen LogP contribution in [-0.2, 0) is 11.2 Å². The molecule has 10 heteroatoms. The molecule has 244 valence electrons. The lowest BCUT2D eigenvalue weighted by Gasteiger charge is -2.50. The molecule has 0 heterocycles. The predicted molar refractivity (Wildman–Crippen MR) is 190 cm³/mol. The first-order chi connectivity index (χ1) is 20.5. The van der Waals surface area contributed by atoms with Crippen LogP contribution in [0.3, 0.4) is 0 Å². The summed E-state index contributed by atoms with van der Waals surface area (Å²) in [7, 11) is 14.7. The van der Waals surface area contributed by atoms with Crippen molar-refractivity contribution in [2.45, 2.75) is 142 Å². The van der Waals surface area contributed by atoms with Crippen LogP contribution in [0.1, 0.15) is 130 Å². The number of aryl methyl sites for hydroxylation is 1. The van der Waals surface area contributed by atoms with Crippen molar-refractivity contribution in [1.29, 1.82) is 0 Å². The summed E-state index contributed by atoms with van der Waals surface area (Å²) >= 11 is 3.80. The van der Waals surface area contributed by atoms with Gasteiger partial charge < -0.3 is 14.8 Å². The van der Waals surface area contributed by atoms with E-state index in [1.54, 1.807) is 0 Å². The quantitative estimate of drug-likeness (QED) is 0.205. The molecule has 0 saturated heterocycles. The van der Waals surface area contributed by atoms with Crippen molar-refractivity contribution >= 4 is 48.7 Å². The highest BCUT2D eigenvalue weighted by Crippen LogP contribution is 2.61. The lowest BCUT2D eigenvalue weighted by molar-refractivity contribution is -0.0443. The second-order valence-corrected chi connectivity index (χ2v) is 14.3. The zero-order valence-electron chi connectivity index (χ0n) is 28.8. The molecule has 3 aliphatic carbocycles. The Balaban J connectivity index is 0.000000387. The highest BCUT2D eigenvalue weighted by Gasteiger charge is 2.55. The molecule has 0 spiro atoms. The van der Waals surface area contributed by atoms with E-state index in [1.165, 1.54) is 62.5 Å². The van der Waals surface area contributed by atoms with Crippen LogP contribution in [0, 0.1) is 22.7 Å². The third kappa shape index (κ3) is 10.8. The Morgan fingerprint density at radius 3 is 2.16 bits per heavy atom. The number of hydrogen-bond donors (Lipinski definition) is 3. The molecular weight excluding hydrogens is 570 g/mol. The molecule has 0 aliphatic heterocycles. The van der Waals surface area contributed by atoms with Gasteiger partial charge in [0, 0.05) is 7.11 Å². The van der Waals surface area contributed by atoms with E-state index in [1.807, 2.05) is 33.1 Å². The van der Waals surface area contributed by atoms with Gasteiger partial charge in [-0.15, -0.1) is 0 Å². The Morgan fingerprint density at radius 1 is 1.05 bits per heavy atom. The van der Waals surface area contributed by atoms with E-state index in [2.05, 4.69) is 69.0 Å². The molecule has 0 aromatic heterocycles. The molecule has 0 bridgehead atoms. The minimum atomic E-state index is -2.98. The first-order valence-corrected chi connectivity index (χ1v) is 17.5. The zero-order chi connectivity index (χ0) is 33.9. The van der Waals surface area contributed by atoms with Gasteiger partial charge in [-0.1, -0.05) is 79.5 Å². The first-order valence-electron chi connectivity index (χ1n) is 16.8. The monoisotopic (exact) mass is 628 g/mol. The van der Waals surface area contributed by atoms with Crippen molar-refractivity contribution in [2.24, 2.45) is 22.7 Å². The topological polar surface area (TPSA) is 49.7 Å². The van der Waals surface area contributed by atoms with Crippen molar-refractivity contribution in [2.75, 3.05) is 12.9 Å². The lowest BCUT2D eigenvalue weighted by atomic mass is 9.50. The van der Waals surface area contributed by atoms with Crippen LogP contribution in [-0.4, -0.2) is 70.7 Å². The maximum atomic E-state index is 12.9. The molecule has 3 aliphatic rings. The third-order valence-corrected chi connectivity index (χ3v) is 10.8. The summed E-state index contributed by atoms with van der Waals surface area (Å²) < 4.78 is 31.2. The second-order valence-electron chi connectivity index (χ2n) is 13.8. The van der Waals surface area contributed by atoms with Crippen molar-refractivity contribution in [3.63, 3.8) is 0 Å². The van der Waals surface area contributed by atoms with E-state index < -0.39 is 18.2 Å². The van der Waals surface area contributed by atoms with Crippen LogP contribution in [0.15, 0.2) is 18.2 Å². The summed E-state index contributed by atoms with van der Waals surface area (Å²) in [6.45, 7) is 15.6. The van der Waals surface area contributed by atoms with E-state index in [0.29, 0.717) is 40.5 Å². The maximum Gasteiger partial charge on any atom is 0.488 e. The van der Waals surface area contributed by atoms with Gasteiger partial charge in [0.05, 0.1) is 17.1 Å². The molecular formula is C34H58B4F2O3S. The van der Waals surface area contributed by atoms with Gasteiger partial charge in [-0.05, 0) is 109 Å². The van der Waals surface area contributed by atoms with Gasteiger partial charge in [0.1, 0.15) is 23.5 Å². The molecule has 0 amide bonds. The summed E-state index contributed by atoms with van der Waals surface area (Å²) in [6.07, 6.45) is 11.8. The number of benzene rings is 1. The normalized spacial score (nSPS) is 26.9. The first kappa shape index (κ1) is 41.6. The number of thiol groups is 1. The van der Waals surface area contributed by atoms with Crippen LogP contribution in [0.4, 0.5) is 8.78 Å². The number of alkyl halides is 2. The van der Waals surface area contributed by atoms with E-state index in [9.17, 15) is 18.8 Å². The highest BCUT2D eigenvalue weighted by atomic mass is 32.1. The fourth-order valence-corrected chi connectivity index (χ4v) is 7.64. The molecule has 1 aromatic rings. The summed E-state index contributed by atoms with van der Waals surface area (Å²) in [5, 5.41) is 18.8. The van der Waals surface area contributed by atoms with Crippen molar-refractivity contribution < 1.29 is 23.6 Å². The number of ether oxygens (including phenoxy) is 1. The average molecular weight is 628 g/mol. The Labute approximate surface area is 278 Å². The van der Waals surface area contributed by atoms with E-state index in [-0.39, 0.29) is 6.42 Å². The molecule has 2 fully saturated rings. The average Bonchev–Trinajstić information content (AvgIpc) is 3.33. The molecule has 3 nitrogen and oxygen atoms in total. The smallest absolute Gasteiger partial charge is 0.423 e. The largest absolute Gasteiger partial charge is 0.488 e. The molecule has 2 N–H and O–H groups in total. The molecule has 2 saturated carbocycles. The van der Waals surface area contributed by atoms with E-state index in [4.69, 9.17) is 12.6 Å². The van der Waals surface area contributed by atoms with E-state index >= 15 is 0 Å². The molecule has 44 heavy (non-hydrogen) atoms. The van der Waals surface area contributed by atoms with Crippen LogP contribution in [0.2, 0.25) is 0 Å². The molecule has 6 radical (unpaired) electrons. The van der Waals surface area contributed by atoms with Gasteiger partial charge in [-0.25, -0.2) is 0 Å². The lowest BCUT2D eigenvalue weighted by Crippen LogP contribution is -2.49. The molecule has 6 atom stereocenters. The van der Waals surface area contributed by atoms with Gasteiger partial charge in [-0.3, -0.25) is 8.78 Å². The summed E-state index contributed by atoms with van der Waals surface area (Å²) in [5.74, 6) is 2.62. The number of halogens is 2. The van der Waals surface area contributed by atoms with Crippen molar-refractivity contribution in [3.8, 4) is 0 Å². The van der Waals surface area contributed by atoms with Crippen molar-refractivity contribution in [1.82, 2.24) is 0 Å². The van der Waals surface area contributed by atoms with Crippen LogP contribution in [0.25, 0.3) is 0 Å². The number of rotatable bonds is 9. The number of hydrogen-bond acceptors (Lipinski definition) is 4. The number of fused-ring (bicyclic) bond motifs is 5. The minimum absolute atomic E-state index is 0.236. The maximum absolute atomic E-state index is 12.9. The zero-order valence-corrected chi connectivity index (χ0v) is 29.7. The summed E-state index contributed by atoms with van der Waals surface area (Å²) in [6, 6.07) is 6.06. The van der Waals surface area contributed by atoms with Gasteiger partial charge in [0.25, 0.3) is 0 Å². The summed E-state index contributed by atoms with van der Waals surface area (Å²) in [4.78, 5) is 0. The van der Waals surface area contributed by atoms with Crippen LogP contribution >= 0.6 is 12.6 Å². The fourth-order valence-electron chi connectivity index (χ4n) is 7.48. The molecule has 1 aromatic carbocycles. The molecule has 4 rings (SSSR count). The number of methoxy groups -OCH3 is 1. The Kier molecular flexibility index (Phi) is 17.2. The fraction of sp³-hybridized carbons (Fsp3) is 0.824. The Hall–Kier alpha value is -0.430. The second kappa shape index (κ2) is 18.2. The van der Waals surface area contributed by atoms with Gasteiger partial charge in [0.15, 0.2) is 0 Å². The van der Waals surface area contributed by atoms with Gasteiger partial charge >= 0.3 is 7.12 Å². The van der Waals surface area contributed by atoms with Crippen LogP contribution in [0.5, 0.6) is 0 Å². The third-order valence-electron chi connectivity index (χ3n) is 10.5. The minimum Gasteiger partial charge on any atom is -0.423 e. The van der Waals surface area contributed by atoms with Crippen LogP contribution < -0.4 is 5.46 Å².